The topological polar surface area (TPSA) is 58.0 Å². The molecule has 0 radical (unpaired) electrons. The second kappa shape index (κ2) is 15.4. The molecule has 0 N–H and O–H groups in total. The maximum absolute atomic E-state index is 5.24. The summed E-state index contributed by atoms with van der Waals surface area (Å²) in [7, 11) is 0. The van der Waals surface area contributed by atoms with Gasteiger partial charge >= 0.3 is 0 Å². The molecular formula is C50H44N6. The Kier molecular flexibility index (Phi) is 9.95. The van der Waals surface area contributed by atoms with Gasteiger partial charge in [-0.2, -0.15) is 0 Å². The third-order valence-corrected chi connectivity index (χ3v) is 10.1. The zero-order valence-electron chi connectivity index (χ0n) is 32.7. The fourth-order valence-electron chi connectivity index (χ4n) is 7.95. The van der Waals surface area contributed by atoms with E-state index >= 15 is 0 Å². The number of hydrogen-bond acceptors (Lipinski definition) is 6. The lowest BCUT2D eigenvalue weighted by Gasteiger charge is -2.32. The number of aryl methyl sites for hydroxylation is 6. The summed E-state index contributed by atoms with van der Waals surface area (Å²) in [6, 6.07) is 50.8. The van der Waals surface area contributed by atoms with Gasteiger partial charge in [0.05, 0.1) is 17.1 Å². The van der Waals surface area contributed by atoms with E-state index in [1.54, 1.807) is 12.5 Å². The molecule has 274 valence electrons. The Morgan fingerprint density at radius 2 is 0.929 bits per heavy atom. The quantitative estimate of drug-likeness (QED) is 0.147. The summed E-state index contributed by atoms with van der Waals surface area (Å²) >= 11 is 0. The van der Waals surface area contributed by atoms with E-state index < -0.39 is 0 Å². The molecule has 0 bridgehead atoms. The molecule has 6 heteroatoms. The first kappa shape index (κ1) is 36.1. The number of aromatic nitrogens is 4. The van der Waals surface area contributed by atoms with Crippen LogP contribution in [0.5, 0.6) is 0 Å². The predicted octanol–water partition coefficient (Wildman–Crippen LogP) is 13.1. The van der Waals surface area contributed by atoms with E-state index in [1.165, 1.54) is 44.8 Å². The molecule has 6 aromatic carbocycles. The van der Waals surface area contributed by atoms with Crippen molar-refractivity contribution in [3.05, 3.63) is 191 Å². The van der Waals surface area contributed by atoms with Gasteiger partial charge < -0.3 is 4.90 Å². The molecule has 8 rings (SSSR count). The van der Waals surface area contributed by atoms with Crippen LogP contribution in [0.1, 0.15) is 33.4 Å². The lowest BCUT2D eigenvalue weighted by Crippen LogP contribution is -2.17. The van der Waals surface area contributed by atoms with Gasteiger partial charge in [0.15, 0.2) is 5.82 Å². The molecule has 2 heterocycles. The fourth-order valence-corrected chi connectivity index (χ4v) is 7.95. The highest BCUT2D eigenvalue weighted by Crippen LogP contribution is 2.44. The average molecular weight is 729 g/mol. The summed E-state index contributed by atoms with van der Waals surface area (Å²) in [6.07, 6.45) is 3.34. The molecule has 0 atom stereocenters. The van der Waals surface area contributed by atoms with Crippen LogP contribution in [-0.4, -0.2) is 19.9 Å². The minimum Gasteiger partial charge on any atom is -0.309 e. The Bertz CT molecular complexity index is 2540. The second-order valence-electron chi connectivity index (χ2n) is 14.5. The Balaban J connectivity index is 1.32. The highest BCUT2D eigenvalue weighted by Gasteiger charge is 2.24. The number of rotatable bonds is 9. The van der Waals surface area contributed by atoms with Crippen molar-refractivity contribution in [1.29, 1.82) is 0 Å². The first-order valence-electron chi connectivity index (χ1n) is 19.0. The highest BCUT2D eigenvalue weighted by atomic mass is 15.3. The zero-order chi connectivity index (χ0) is 38.8. The molecule has 0 saturated carbocycles. The van der Waals surface area contributed by atoms with Crippen LogP contribution in [0.4, 0.5) is 34.4 Å². The molecule has 0 aliphatic carbocycles. The van der Waals surface area contributed by atoms with Gasteiger partial charge in [-0.05, 0) is 105 Å². The molecule has 0 unspecified atom stereocenters. The smallest absolute Gasteiger partial charge is 0.162 e. The first-order valence-corrected chi connectivity index (χ1v) is 19.0. The Labute approximate surface area is 329 Å². The molecule has 6 nitrogen and oxygen atoms in total. The zero-order valence-corrected chi connectivity index (χ0v) is 32.7. The molecule has 0 aliphatic rings. The fraction of sp³-hybridized carbons (Fsp3) is 0.120. The second-order valence-corrected chi connectivity index (χ2v) is 14.5. The monoisotopic (exact) mass is 728 g/mol. The van der Waals surface area contributed by atoms with Crippen LogP contribution in [0.2, 0.25) is 0 Å². The Hall–Kier alpha value is -6.92. The molecule has 8 aromatic rings. The highest BCUT2D eigenvalue weighted by molar-refractivity contribution is 5.87. The van der Waals surface area contributed by atoms with Crippen molar-refractivity contribution in [2.45, 2.75) is 41.5 Å². The summed E-state index contributed by atoms with van der Waals surface area (Å²) < 4.78 is 0. The standard InChI is InChI=1S/C50H44N6/c1-33-27-35(3)48(36(4)28-33)56(49-37(5)29-34(2)30-38(49)6)42-23-21-41(22-24-42)55(46-25-26-51-32-52-46)47-31-45(53-50(54-47)40-17-11-8-12-18-40)44-20-14-13-19-43(44)39-15-9-7-10-16-39/h7-32H,1-6H3. The lowest BCUT2D eigenvalue weighted by molar-refractivity contribution is 1.07. The van der Waals surface area contributed by atoms with Crippen LogP contribution < -0.4 is 9.80 Å². The van der Waals surface area contributed by atoms with Gasteiger partial charge in [-0.15, -0.1) is 0 Å². The van der Waals surface area contributed by atoms with Crippen LogP contribution in [0.25, 0.3) is 33.8 Å². The van der Waals surface area contributed by atoms with Crippen LogP contribution in [-0.2, 0) is 0 Å². The molecule has 2 aromatic heterocycles. The van der Waals surface area contributed by atoms with Gasteiger partial charge in [0.25, 0.3) is 0 Å². The van der Waals surface area contributed by atoms with E-state index in [4.69, 9.17) is 15.0 Å². The van der Waals surface area contributed by atoms with E-state index in [0.29, 0.717) is 17.5 Å². The van der Waals surface area contributed by atoms with Gasteiger partial charge in [0.2, 0.25) is 0 Å². The van der Waals surface area contributed by atoms with Crippen molar-refractivity contribution in [2.24, 2.45) is 0 Å². The van der Waals surface area contributed by atoms with Crippen LogP contribution in [0.3, 0.4) is 0 Å². The summed E-state index contributed by atoms with van der Waals surface area (Å²) in [5.74, 6) is 2.01. The van der Waals surface area contributed by atoms with Crippen LogP contribution >= 0.6 is 0 Å². The van der Waals surface area contributed by atoms with Gasteiger partial charge in [0.1, 0.15) is 18.0 Å². The maximum Gasteiger partial charge on any atom is 0.162 e. The van der Waals surface area contributed by atoms with Crippen LogP contribution in [0, 0.1) is 41.5 Å². The molecule has 0 aliphatic heterocycles. The van der Waals surface area contributed by atoms with Gasteiger partial charge in [-0.1, -0.05) is 120 Å². The summed E-state index contributed by atoms with van der Waals surface area (Å²) in [5, 5.41) is 0. The van der Waals surface area contributed by atoms with E-state index in [9.17, 15) is 0 Å². The Morgan fingerprint density at radius 3 is 1.46 bits per heavy atom. The SMILES string of the molecule is Cc1cc(C)c(N(c2ccc(N(c3ccncn3)c3cc(-c4ccccc4-c4ccccc4)nc(-c4ccccc4)n3)cc2)c2c(C)cc(C)cc2C)c(C)c1. The van der Waals surface area contributed by atoms with Crippen molar-refractivity contribution >= 4 is 34.4 Å². The largest absolute Gasteiger partial charge is 0.309 e. The van der Waals surface area contributed by atoms with E-state index in [2.05, 4.69) is 172 Å². The third kappa shape index (κ3) is 7.17. The molecule has 0 fully saturated rings. The Morgan fingerprint density at radius 1 is 0.429 bits per heavy atom. The number of anilines is 6. The van der Waals surface area contributed by atoms with Crippen molar-refractivity contribution in [2.75, 3.05) is 9.80 Å². The average Bonchev–Trinajstić information content (AvgIpc) is 3.21. The number of benzene rings is 6. The normalized spacial score (nSPS) is 11.0. The summed E-state index contributed by atoms with van der Waals surface area (Å²) in [5.41, 5.74) is 16.7. The van der Waals surface area contributed by atoms with Crippen LogP contribution in [0.15, 0.2) is 158 Å². The van der Waals surface area contributed by atoms with Gasteiger partial charge in [-0.25, -0.2) is 19.9 Å². The molecule has 0 spiro atoms. The first-order chi connectivity index (χ1) is 27.2. The third-order valence-electron chi connectivity index (χ3n) is 10.1. The number of hydrogen-bond donors (Lipinski definition) is 0. The van der Waals surface area contributed by atoms with Crippen molar-refractivity contribution in [3.8, 4) is 33.8 Å². The van der Waals surface area contributed by atoms with E-state index in [1.807, 2.05) is 30.3 Å². The molecule has 56 heavy (non-hydrogen) atoms. The molecule has 0 saturated heterocycles. The minimum atomic E-state index is 0.624. The van der Waals surface area contributed by atoms with E-state index in [0.717, 1.165) is 39.3 Å². The minimum absolute atomic E-state index is 0.624. The lowest BCUT2D eigenvalue weighted by atomic mass is 9.97. The summed E-state index contributed by atoms with van der Waals surface area (Å²) in [4.78, 5) is 24.0. The van der Waals surface area contributed by atoms with Crippen molar-refractivity contribution in [3.63, 3.8) is 0 Å². The maximum atomic E-state index is 5.24. The van der Waals surface area contributed by atoms with Crippen molar-refractivity contribution in [1.82, 2.24) is 19.9 Å². The summed E-state index contributed by atoms with van der Waals surface area (Å²) in [6.45, 7) is 13.2. The molecule has 0 amide bonds. The number of nitrogens with zero attached hydrogens (tertiary/aromatic N) is 6. The predicted molar refractivity (Wildman–Crippen MR) is 232 cm³/mol. The molecular weight excluding hydrogens is 685 g/mol. The van der Waals surface area contributed by atoms with Gasteiger partial charge in [0, 0.05) is 34.8 Å². The van der Waals surface area contributed by atoms with E-state index in [-0.39, 0.29) is 0 Å². The van der Waals surface area contributed by atoms with Gasteiger partial charge in [-0.3, -0.25) is 4.90 Å². The van der Waals surface area contributed by atoms with Crippen molar-refractivity contribution < 1.29 is 0 Å².